The van der Waals surface area contributed by atoms with Gasteiger partial charge in [0.15, 0.2) is 0 Å². The number of rotatable bonds is 2. The summed E-state index contributed by atoms with van der Waals surface area (Å²) < 4.78 is 0. The zero-order chi connectivity index (χ0) is 14.0. The molecular weight excluding hydrogens is 246 g/mol. The molecule has 1 fully saturated rings. The van der Waals surface area contributed by atoms with E-state index in [0.717, 1.165) is 5.56 Å². The Labute approximate surface area is 111 Å². The van der Waals surface area contributed by atoms with E-state index in [1.807, 2.05) is 0 Å². The first-order chi connectivity index (χ1) is 8.99. The van der Waals surface area contributed by atoms with Crippen molar-refractivity contribution in [2.45, 2.75) is 19.8 Å². The average Bonchev–Trinajstić information content (AvgIpc) is 2.38. The Hall–Kier alpha value is -2.04. The molecular formula is C14H17NO4. The SMILES string of the molecule is Cc1cc(O)ccc1C(=O)N1CCC(C(=O)O)CC1. The second kappa shape index (κ2) is 5.30. The first-order valence-corrected chi connectivity index (χ1v) is 6.30. The van der Waals surface area contributed by atoms with Crippen molar-refractivity contribution in [2.24, 2.45) is 5.92 Å². The van der Waals surface area contributed by atoms with Crippen molar-refractivity contribution in [2.75, 3.05) is 13.1 Å². The fraction of sp³-hybridized carbons (Fsp3) is 0.429. The lowest BCUT2D eigenvalue weighted by molar-refractivity contribution is -0.143. The van der Waals surface area contributed by atoms with Gasteiger partial charge in [0.25, 0.3) is 5.91 Å². The van der Waals surface area contributed by atoms with Gasteiger partial charge in [-0.3, -0.25) is 9.59 Å². The largest absolute Gasteiger partial charge is 0.508 e. The van der Waals surface area contributed by atoms with Crippen LogP contribution in [0, 0.1) is 12.8 Å². The van der Waals surface area contributed by atoms with E-state index < -0.39 is 5.97 Å². The molecule has 102 valence electrons. The molecule has 0 radical (unpaired) electrons. The molecule has 0 aromatic heterocycles. The van der Waals surface area contributed by atoms with Crippen molar-refractivity contribution >= 4 is 11.9 Å². The Balaban J connectivity index is 2.07. The molecule has 0 aliphatic carbocycles. The molecule has 1 aromatic rings. The minimum Gasteiger partial charge on any atom is -0.508 e. The molecule has 0 atom stereocenters. The number of carboxylic acid groups (broad SMARTS) is 1. The van der Waals surface area contributed by atoms with Crippen LogP contribution in [0.3, 0.4) is 0 Å². The zero-order valence-corrected chi connectivity index (χ0v) is 10.8. The first kappa shape index (κ1) is 13.4. The van der Waals surface area contributed by atoms with Crippen LogP contribution in [0.1, 0.15) is 28.8 Å². The molecule has 19 heavy (non-hydrogen) atoms. The molecule has 1 amide bonds. The van der Waals surface area contributed by atoms with Gasteiger partial charge in [0, 0.05) is 18.7 Å². The van der Waals surface area contributed by atoms with Crippen LogP contribution in [0.15, 0.2) is 18.2 Å². The highest BCUT2D eigenvalue weighted by Crippen LogP contribution is 2.22. The number of phenols is 1. The van der Waals surface area contributed by atoms with E-state index in [-0.39, 0.29) is 17.6 Å². The van der Waals surface area contributed by atoms with Crippen molar-refractivity contribution in [3.8, 4) is 5.75 Å². The highest BCUT2D eigenvalue weighted by atomic mass is 16.4. The van der Waals surface area contributed by atoms with Crippen LogP contribution in [0.4, 0.5) is 0 Å². The van der Waals surface area contributed by atoms with Gasteiger partial charge in [-0.2, -0.15) is 0 Å². The van der Waals surface area contributed by atoms with E-state index in [1.165, 1.54) is 6.07 Å². The minimum atomic E-state index is -0.784. The third-order valence-electron chi connectivity index (χ3n) is 3.57. The van der Waals surface area contributed by atoms with Crippen molar-refractivity contribution in [3.63, 3.8) is 0 Å². The molecule has 1 aromatic carbocycles. The number of piperidine rings is 1. The molecule has 0 bridgehead atoms. The van der Waals surface area contributed by atoms with Crippen molar-refractivity contribution < 1.29 is 19.8 Å². The van der Waals surface area contributed by atoms with Gasteiger partial charge < -0.3 is 15.1 Å². The number of carbonyl (C=O) groups excluding carboxylic acids is 1. The Morgan fingerprint density at radius 1 is 1.26 bits per heavy atom. The summed E-state index contributed by atoms with van der Waals surface area (Å²) in [6, 6.07) is 4.65. The molecule has 0 unspecified atom stereocenters. The normalized spacial score (nSPS) is 16.4. The molecule has 1 heterocycles. The van der Waals surface area contributed by atoms with Crippen LogP contribution in [-0.4, -0.2) is 40.1 Å². The van der Waals surface area contributed by atoms with Crippen molar-refractivity contribution in [3.05, 3.63) is 29.3 Å². The summed E-state index contributed by atoms with van der Waals surface area (Å²) in [5, 5.41) is 18.3. The summed E-state index contributed by atoms with van der Waals surface area (Å²) in [5.41, 5.74) is 1.29. The second-order valence-electron chi connectivity index (χ2n) is 4.90. The zero-order valence-electron chi connectivity index (χ0n) is 10.8. The highest BCUT2D eigenvalue weighted by molar-refractivity contribution is 5.96. The summed E-state index contributed by atoms with van der Waals surface area (Å²) in [7, 11) is 0. The Bertz CT molecular complexity index is 504. The number of aromatic hydroxyl groups is 1. The fourth-order valence-corrected chi connectivity index (χ4v) is 2.39. The highest BCUT2D eigenvalue weighted by Gasteiger charge is 2.27. The summed E-state index contributed by atoms with van der Waals surface area (Å²) in [6.45, 7) is 2.71. The molecule has 2 N–H and O–H groups in total. The van der Waals surface area contributed by atoms with Gasteiger partial charge in [-0.25, -0.2) is 0 Å². The topological polar surface area (TPSA) is 77.8 Å². The lowest BCUT2D eigenvalue weighted by Crippen LogP contribution is -2.40. The predicted molar refractivity (Wildman–Crippen MR) is 69.1 cm³/mol. The summed E-state index contributed by atoms with van der Waals surface area (Å²) in [4.78, 5) is 24.8. The summed E-state index contributed by atoms with van der Waals surface area (Å²) in [5.74, 6) is -1.09. The van der Waals surface area contributed by atoms with E-state index in [1.54, 1.807) is 24.0 Å². The molecule has 1 saturated heterocycles. The Kier molecular flexibility index (Phi) is 3.74. The van der Waals surface area contributed by atoms with Crippen LogP contribution < -0.4 is 0 Å². The average molecular weight is 263 g/mol. The number of phenolic OH excluding ortho intramolecular Hbond substituents is 1. The van der Waals surface area contributed by atoms with E-state index in [9.17, 15) is 14.7 Å². The molecule has 2 rings (SSSR count). The van der Waals surface area contributed by atoms with Crippen LogP contribution in [0.2, 0.25) is 0 Å². The maximum Gasteiger partial charge on any atom is 0.306 e. The number of benzene rings is 1. The van der Waals surface area contributed by atoms with E-state index in [2.05, 4.69) is 0 Å². The summed E-state index contributed by atoms with van der Waals surface area (Å²) >= 11 is 0. The Morgan fingerprint density at radius 3 is 2.42 bits per heavy atom. The van der Waals surface area contributed by atoms with Crippen molar-refractivity contribution in [1.29, 1.82) is 0 Å². The molecule has 5 heteroatoms. The maximum absolute atomic E-state index is 12.3. The quantitative estimate of drug-likeness (QED) is 0.850. The van der Waals surface area contributed by atoms with Crippen LogP contribution in [0.5, 0.6) is 5.75 Å². The monoisotopic (exact) mass is 263 g/mol. The van der Waals surface area contributed by atoms with Crippen LogP contribution in [0.25, 0.3) is 0 Å². The number of carbonyl (C=O) groups is 2. The first-order valence-electron chi connectivity index (χ1n) is 6.30. The second-order valence-corrected chi connectivity index (χ2v) is 4.90. The van der Waals surface area contributed by atoms with E-state index in [4.69, 9.17) is 5.11 Å². The van der Waals surface area contributed by atoms with E-state index in [0.29, 0.717) is 31.5 Å². The smallest absolute Gasteiger partial charge is 0.306 e. The number of aliphatic carboxylic acids is 1. The number of aryl methyl sites for hydroxylation is 1. The summed E-state index contributed by atoms with van der Waals surface area (Å²) in [6.07, 6.45) is 0.996. The molecule has 1 aliphatic rings. The standard InChI is InChI=1S/C14H17NO4/c1-9-8-11(16)2-3-12(9)13(17)15-6-4-10(5-7-15)14(18)19/h2-3,8,10,16H,4-7H2,1H3,(H,18,19). The van der Waals surface area contributed by atoms with Gasteiger partial charge in [-0.15, -0.1) is 0 Å². The lowest BCUT2D eigenvalue weighted by atomic mass is 9.96. The lowest BCUT2D eigenvalue weighted by Gasteiger charge is -2.30. The van der Waals surface area contributed by atoms with Gasteiger partial charge in [0.05, 0.1) is 5.92 Å². The molecule has 5 nitrogen and oxygen atoms in total. The number of nitrogens with zero attached hydrogens (tertiary/aromatic N) is 1. The van der Waals surface area contributed by atoms with Gasteiger partial charge in [-0.1, -0.05) is 0 Å². The fourth-order valence-electron chi connectivity index (χ4n) is 2.39. The van der Waals surface area contributed by atoms with Gasteiger partial charge in [-0.05, 0) is 43.5 Å². The number of hydrogen-bond acceptors (Lipinski definition) is 3. The molecule has 1 aliphatic heterocycles. The molecule has 0 spiro atoms. The number of carboxylic acids is 1. The predicted octanol–water partition coefficient (Wildman–Crippen LogP) is 1.64. The number of hydrogen-bond donors (Lipinski definition) is 2. The van der Waals surface area contributed by atoms with Gasteiger partial charge in [0.2, 0.25) is 0 Å². The Morgan fingerprint density at radius 2 is 1.89 bits per heavy atom. The van der Waals surface area contributed by atoms with Crippen LogP contribution >= 0.6 is 0 Å². The third kappa shape index (κ3) is 2.86. The number of likely N-dealkylation sites (tertiary alicyclic amines) is 1. The maximum atomic E-state index is 12.3. The number of amides is 1. The van der Waals surface area contributed by atoms with Gasteiger partial charge >= 0.3 is 5.97 Å². The van der Waals surface area contributed by atoms with E-state index >= 15 is 0 Å². The minimum absolute atomic E-state index is 0.0960. The third-order valence-corrected chi connectivity index (χ3v) is 3.57. The van der Waals surface area contributed by atoms with Crippen molar-refractivity contribution in [1.82, 2.24) is 4.90 Å². The molecule has 0 saturated carbocycles. The van der Waals surface area contributed by atoms with Crippen LogP contribution in [-0.2, 0) is 4.79 Å². The van der Waals surface area contributed by atoms with Gasteiger partial charge in [0.1, 0.15) is 5.75 Å².